The van der Waals surface area contributed by atoms with E-state index in [2.05, 4.69) is 181 Å². The van der Waals surface area contributed by atoms with Gasteiger partial charge in [-0.3, -0.25) is 4.98 Å². The molecule has 12 rings (SSSR count). The van der Waals surface area contributed by atoms with Crippen molar-refractivity contribution in [2.75, 3.05) is 0 Å². The van der Waals surface area contributed by atoms with Crippen LogP contribution in [-0.2, 0) is 0 Å². The van der Waals surface area contributed by atoms with Gasteiger partial charge in [-0.2, -0.15) is 0 Å². The Balaban J connectivity index is 1.09. The van der Waals surface area contributed by atoms with Crippen LogP contribution in [0.4, 0.5) is 0 Å². The van der Waals surface area contributed by atoms with E-state index in [4.69, 9.17) is 9.97 Å². The van der Waals surface area contributed by atoms with Crippen LogP contribution in [0.25, 0.3) is 118 Å². The molecule has 0 spiro atoms. The Morgan fingerprint density at radius 3 is 1.48 bits per heavy atom. The topological polar surface area (TPSA) is 38.7 Å². The van der Waals surface area contributed by atoms with Crippen molar-refractivity contribution < 1.29 is 0 Å². The predicted molar refractivity (Wildman–Crippen MR) is 256 cm³/mol. The van der Waals surface area contributed by atoms with Crippen LogP contribution >= 0.6 is 22.7 Å². The number of hydrogen-bond acceptors (Lipinski definition) is 5. The number of benzene rings is 8. The summed E-state index contributed by atoms with van der Waals surface area (Å²) >= 11 is 3.70. The van der Waals surface area contributed by atoms with Crippen molar-refractivity contribution in [1.29, 1.82) is 0 Å². The third-order valence-corrected chi connectivity index (χ3v) is 13.9. The Morgan fingerprint density at radius 2 is 0.833 bits per heavy atom. The van der Waals surface area contributed by atoms with E-state index in [1.165, 1.54) is 51.5 Å². The Hall–Kier alpha value is -7.31. The smallest absolute Gasteiger partial charge is 0.160 e. The first-order valence-electron chi connectivity index (χ1n) is 20.1. The van der Waals surface area contributed by atoms with Crippen LogP contribution in [0.3, 0.4) is 0 Å². The zero-order chi connectivity index (χ0) is 39.6. The lowest BCUT2D eigenvalue weighted by molar-refractivity contribution is 1.18. The van der Waals surface area contributed by atoms with Crippen LogP contribution in [0.5, 0.6) is 0 Å². The number of thiophene rings is 2. The zero-order valence-corrected chi connectivity index (χ0v) is 33.8. The summed E-state index contributed by atoms with van der Waals surface area (Å²) in [4.78, 5) is 15.1. The molecule has 5 heteroatoms. The highest BCUT2D eigenvalue weighted by Crippen LogP contribution is 2.42. The minimum atomic E-state index is 0.688. The van der Waals surface area contributed by atoms with Crippen molar-refractivity contribution in [2.24, 2.45) is 0 Å². The van der Waals surface area contributed by atoms with Crippen LogP contribution < -0.4 is 0 Å². The molecule has 0 N–H and O–H groups in total. The van der Waals surface area contributed by atoms with Gasteiger partial charge >= 0.3 is 0 Å². The maximum absolute atomic E-state index is 5.36. The second-order valence-electron chi connectivity index (χ2n) is 15.2. The lowest BCUT2D eigenvalue weighted by Gasteiger charge is -2.15. The highest BCUT2D eigenvalue weighted by molar-refractivity contribution is 7.26. The number of pyridine rings is 1. The Morgan fingerprint density at radius 1 is 0.300 bits per heavy atom. The molecule has 60 heavy (non-hydrogen) atoms. The fourth-order valence-corrected chi connectivity index (χ4v) is 10.8. The molecule has 0 bridgehead atoms. The predicted octanol–water partition coefficient (Wildman–Crippen LogP) is 15.8. The Bertz CT molecular complexity index is 3470. The van der Waals surface area contributed by atoms with Gasteiger partial charge in [0.15, 0.2) is 5.82 Å². The van der Waals surface area contributed by atoms with Gasteiger partial charge < -0.3 is 0 Å². The Labute approximate surface area is 354 Å². The van der Waals surface area contributed by atoms with E-state index in [-0.39, 0.29) is 0 Å². The van der Waals surface area contributed by atoms with Crippen molar-refractivity contribution in [3.8, 4) is 67.3 Å². The lowest BCUT2D eigenvalue weighted by atomic mass is 9.92. The van der Waals surface area contributed by atoms with E-state index in [1.807, 2.05) is 47.2 Å². The van der Waals surface area contributed by atoms with Crippen LogP contribution in [0.15, 0.2) is 200 Å². The fraction of sp³-hybridized carbons (Fsp3) is 0. The van der Waals surface area contributed by atoms with E-state index in [0.717, 1.165) is 61.1 Å². The normalized spacial score (nSPS) is 11.7. The van der Waals surface area contributed by atoms with Gasteiger partial charge in [0.25, 0.3) is 0 Å². The first-order chi connectivity index (χ1) is 29.7. The number of nitrogens with zero attached hydrogens (tertiary/aromatic N) is 3. The molecule has 0 unspecified atom stereocenters. The Kier molecular flexibility index (Phi) is 8.22. The van der Waals surface area contributed by atoms with Crippen molar-refractivity contribution in [1.82, 2.24) is 15.0 Å². The van der Waals surface area contributed by atoms with Crippen LogP contribution in [-0.4, -0.2) is 15.0 Å². The molecule has 0 saturated carbocycles. The van der Waals surface area contributed by atoms with E-state index in [0.29, 0.717) is 5.82 Å². The average Bonchev–Trinajstić information content (AvgIpc) is 3.89. The van der Waals surface area contributed by atoms with Crippen LogP contribution in [0.2, 0.25) is 0 Å². The minimum absolute atomic E-state index is 0.688. The van der Waals surface area contributed by atoms with Gasteiger partial charge in [0.2, 0.25) is 0 Å². The largest absolute Gasteiger partial charge is 0.264 e. The van der Waals surface area contributed by atoms with Gasteiger partial charge in [0.1, 0.15) is 0 Å². The maximum Gasteiger partial charge on any atom is 0.160 e. The van der Waals surface area contributed by atoms with Crippen LogP contribution in [0.1, 0.15) is 0 Å². The van der Waals surface area contributed by atoms with Gasteiger partial charge in [-0.1, -0.05) is 121 Å². The average molecular weight is 800 g/mol. The summed E-state index contributed by atoms with van der Waals surface area (Å²) in [5, 5.41) is 7.43. The summed E-state index contributed by atoms with van der Waals surface area (Å²) in [7, 11) is 0. The summed E-state index contributed by atoms with van der Waals surface area (Å²) < 4.78 is 5.19. The third kappa shape index (κ3) is 5.98. The van der Waals surface area contributed by atoms with Crippen molar-refractivity contribution in [2.45, 2.75) is 0 Å². The molecule has 12 aromatic rings. The molecule has 3 nitrogen and oxygen atoms in total. The summed E-state index contributed by atoms with van der Waals surface area (Å²) in [6, 6.07) is 67.8. The molecule has 0 aliphatic heterocycles. The first-order valence-corrected chi connectivity index (χ1v) is 21.7. The summed E-state index contributed by atoms with van der Waals surface area (Å²) in [6.07, 6.45) is 3.75. The van der Waals surface area contributed by atoms with E-state index in [9.17, 15) is 0 Å². The quantitative estimate of drug-likeness (QED) is 0.168. The van der Waals surface area contributed by atoms with E-state index in [1.54, 1.807) is 0 Å². The standard InChI is InChI=1S/C55H33N3S2/c1-2-11-34(12-3-1)55-57-49(32-50(58-55)44-19-9-17-42-41(16-8-18-43(42)44)37-13-10-26-56-33-37)40-28-38(35-22-24-53-47(30-35)45-14-4-6-20-51(45)59-53)27-39(29-40)36-23-25-54-48(31-36)46-15-5-7-21-52(46)60-54/h1-33H. The van der Waals surface area contributed by atoms with Crippen LogP contribution in [0, 0.1) is 0 Å². The molecule has 8 aromatic carbocycles. The molecular formula is C55H33N3S2. The van der Waals surface area contributed by atoms with Gasteiger partial charge in [-0.25, -0.2) is 9.97 Å². The van der Waals surface area contributed by atoms with Crippen molar-refractivity contribution in [3.63, 3.8) is 0 Å². The second kappa shape index (κ2) is 14.2. The molecular weight excluding hydrogens is 767 g/mol. The summed E-state index contributed by atoms with van der Waals surface area (Å²) in [5.74, 6) is 0.688. The minimum Gasteiger partial charge on any atom is -0.264 e. The zero-order valence-electron chi connectivity index (χ0n) is 32.2. The van der Waals surface area contributed by atoms with Crippen molar-refractivity contribution >= 4 is 73.8 Å². The number of rotatable bonds is 6. The first kappa shape index (κ1) is 34.7. The molecule has 0 fully saturated rings. The molecule has 0 atom stereocenters. The highest BCUT2D eigenvalue weighted by Gasteiger charge is 2.17. The monoisotopic (exact) mass is 799 g/mol. The number of aromatic nitrogens is 3. The molecule has 0 radical (unpaired) electrons. The molecule has 4 heterocycles. The molecule has 0 aliphatic rings. The highest BCUT2D eigenvalue weighted by atomic mass is 32.1. The number of fused-ring (bicyclic) bond motifs is 7. The van der Waals surface area contributed by atoms with E-state index >= 15 is 0 Å². The SMILES string of the molecule is c1ccc(-c2nc(-c3cc(-c4ccc5sc6ccccc6c5c4)cc(-c4ccc5sc6ccccc6c5c4)c3)cc(-c3cccc4c(-c5cccnc5)cccc34)n2)cc1. The summed E-state index contributed by atoms with van der Waals surface area (Å²) in [5.41, 5.74) is 11.6. The summed E-state index contributed by atoms with van der Waals surface area (Å²) in [6.45, 7) is 0. The molecule has 0 saturated heterocycles. The van der Waals surface area contributed by atoms with Gasteiger partial charge in [0.05, 0.1) is 11.4 Å². The lowest BCUT2D eigenvalue weighted by Crippen LogP contribution is -1.97. The fourth-order valence-electron chi connectivity index (χ4n) is 8.68. The molecule has 0 amide bonds. The van der Waals surface area contributed by atoms with Gasteiger partial charge in [0, 0.05) is 75.0 Å². The third-order valence-electron chi connectivity index (χ3n) is 11.6. The number of hydrogen-bond donors (Lipinski definition) is 0. The maximum atomic E-state index is 5.36. The van der Waals surface area contributed by atoms with E-state index < -0.39 is 0 Å². The molecule has 4 aromatic heterocycles. The molecule has 0 aliphatic carbocycles. The van der Waals surface area contributed by atoms with Gasteiger partial charge in [-0.05, 0) is 105 Å². The van der Waals surface area contributed by atoms with Gasteiger partial charge in [-0.15, -0.1) is 22.7 Å². The second-order valence-corrected chi connectivity index (χ2v) is 17.4. The molecule has 280 valence electrons. The van der Waals surface area contributed by atoms with Crippen molar-refractivity contribution in [3.05, 3.63) is 200 Å².